The topological polar surface area (TPSA) is 74.2 Å². The van der Waals surface area contributed by atoms with Crippen molar-refractivity contribution in [2.24, 2.45) is 5.41 Å². The van der Waals surface area contributed by atoms with Crippen LogP contribution in [0.25, 0.3) is 0 Å². The van der Waals surface area contributed by atoms with E-state index in [1.165, 1.54) is 12.8 Å². The summed E-state index contributed by atoms with van der Waals surface area (Å²) in [6.45, 7) is 5.44. The molecular weight excluding hydrogens is 364 g/mol. The van der Waals surface area contributed by atoms with Crippen LogP contribution in [0, 0.1) is 5.41 Å². The lowest BCUT2D eigenvalue weighted by Crippen LogP contribution is -2.45. The first-order chi connectivity index (χ1) is 14.0. The van der Waals surface area contributed by atoms with E-state index in [1.807, 2.05) is 45.3 Å². The van der Waals surface area contributed by atoms with Gasteiger partial charge in [0.1, 0.15) is 5.69 Å². The molecule has 2 aliphatic rings. The summed E-state index contributed by atoms with van der Waals surface area (Å²) in [6, 6.07) is 6.37. The molecule has 0 unspecified atom stereocenters. The molecule has 0 radical (unpaired) electrons. The van der Waals surface area contributed by atoms with Crippen molar-refractivity contribution in [3.05, 3.63) is 36.3 Å². The predicted octanol–water partition coefficient (Wildman–Crippen LogP) is 3.28. The molecular formula is C22H30N6O. The minimum Gasteiger partial charge on any atom is -0.354 e. The molecule has 7 heteroatoms. The van der Waals surface area contributed by atoms with Crippen LogP contribution in [0.2, 0.25) is 0 Å². The Kier molecular flexibility index (Phi) is 5.39. The zero-order chi connectivity index (χ0) is 20.4. The van der Waals surface area contributed by atoms with Gasteiger partial charge in [-0.1, -0.05) is 18.9 Å². The molecule has 1 N–H and O–H groups in total. The van der Waals surface area contributed by atoms with Crippen LogP contribution in [0.15, 0.2) is 30.6 Å². The van der Waals surface area contributed by atoms with Gasteiger partial charge in [0.15, 0.2) is 5.82 Å². The highest BCUT2D eigenvalue weighted by atomic mass is 16.2. The fourth-order valence-electron chi connectivity index (χ4n) is 4.40. The van der Waals surface area contributed by atoms with Gasteiger partial charge in [0.2, 0.25) is 11.9 Å². The summed E-state index contributed by atoms with van der Waals surface area (Å²) < 4.78 is 0. The molecule has 0 saturated heterocycles. The van der Waals surface area contributed by atoms with Crippen molar-refractivity contribution in [3.8, 4) is 0 Å². The van der Waals surface area contributed by atoms with E-state index in [0.29, 0.717) is 25.1 Å². The normalized spacial score (nSPS) is 19.2. The minimum atomic E-state index is -0.468. The van der Waals surface area contributed by atoms with Crippen LogP contribution in [-0.4, -0.2) is 47.0 Å². The number of hydrogen-bond acceptors (Lipinski definition) is 6. The van der Waals surface area contributed by atoms with Gasteiger partial charge >= 0.3 is 0 Å². The molecule has 2 aromatic rings. The number of pyridine rings is 1. The molecule has 1 aliphatic carbocycles. The van der Waals surface area contributed by atoms with Gasteiger partial charge in [-0.15, -0.1) is 0 Å². The van der Waals surface area contributed by atoms with E-state index in [2.05, 4.69) is 20.2 Å². The number of carbonyl (C=O) groups is 1. The molecule has 1 fully saturated rings. The molecule has 0 spiro atoms. The van der Waals surface area contributed by atoms with Crippen LogP contribution < -0.4 is 15.1 Å². The number of rotatable bonds is 5. The van der Waals surface area contributed by atoms with Crippen molar-refractivity contribution in [1.82, 2.24) is 15.0 Å². The average molecular weight is 395 g/mol. The van der Waals surface area contributed by atoms with Gasteiger partial charge in [0, 0.05) is 44.5 Å². The molecule has 4 rings (SSSR count). The van der Waals surface area contributed by atoms with Gasteiger partial charge in [-0.05, 0) is 38.8 Å². The summed E-state index contributed by atoms with van der Waals surface area (Å²) in [7, 11) is 1.83. The highest BCUT2D eigenvalue weighted by molar-refractivity contribution is 6.00. The van der Waals surface area contributed by atoms with Gasteiger partial charge < -0.3 is 15.1 Å². The zero-order valence-electron chi connectivity index (χ0n) is 17.6. The molecule has 0 aromatic carbocycles. The van der Waals surface area contributed by atoms with Crippen molar-refractivity contribution < 1.29 is 4.79 Å². The number of amides is 1. The van der Waals surface area contributed by atoms with Crippen LogP contribution in [0.3, 0.4) is 0 Å². The van der Waals surface area contributed by atoms with E-state index < -0.39 is 5.41 Å². The lowest BCUT2D eigenvalue weighted by Gasteiger charge is -2.34. The summed E-state index contributed by atoms with van der Waals surface area (Å²) in [5, 5.41) is 3.33. The summed E-state index contributed by atoms with van der Waals surface area (Å²) in [5.41, 5.74) is 1.36. The summed E-state index contributed by atoms with van der Waals surface area (Å²) in [5.74, 6) is 1.58. The van der Waals surface area contributed by atoms with Crippen molar-refractivity contribution >= 4 is 23.4 Å². The van der Waals surface area contributed by atoms with Crippen LogP contribution in [0.5, 0.6) is 0 Å². The third-order valence-electron chi connectivity index (χ3n) is 5.99. The molecule has 154 valence electrons. The van der Waals surface area contributed by atoms with Crippen LogP contribution in [-0.2, 0) is 11.2 Å². The Morgan fingerprint density at radius 3 is 2.72 bits per heavy atom. The number of nitrogens with zero attached hydrogens (tertiary/aromatic N) is 5. The Bertz CT molecular complexity index is 863. The minimum absolute atomic E-state index is 0.110. The Morgan fingerprint density at radius 1 is 1.21 bits per heavy atom. The standard InChI is InChI=1S/C22H30N6O/c1-22(2)15-28(17-9-4-5-10-17)19-18(27(3)20(22)29)14-25-21(26-19)24-13-11-16-8-6-7-12-23-16/h6-8,12,14,17H,4-5,9-11,13,15H2,1-3H3,(H,24,25,26). The second-order valence-corrected chi connectivity index (χ2v) is 8.71. The third-order valence-corrected chi connectivity index (χ3v) is 5.99. The van der Waals surface area contributed by atoms with Crippen molar-refractivity contribution in [2.75, 3.05) is 35.3 Å². The monoisotopic (exact) mass is 394 g/mol. The lowest BCUT2D eigenvalue weighted by atomic mass is 9.91. The first-order valence-electron chi connectivity index (χ1n) is 10.5. The molecule has 3 heterocycles. The maximum atomic E-state index is 13.0. The van der Waals surface area contributed by atoms with Crippen molar-refractivity contribution in [1.29, 1.82) is 0 Å². The van der Waals surface area contributed by atoms with E-state index in [4.69, 9.17) is 4.98 Å². The van der Waals surface area contributed by atoms with Crippen molar-refractivity contribution in [3.63, 3.8) is 0 Å². The molecule has 0 bridgehead atoms. The Balaban J connectivity index is 1.60. The molecule has 1 saturated carbocycles. The maximum Gasteiger partial charge on any atom is 0.234 e. The zero-order valence-corrected chi connectivity index (χ0v) is 17.6. The van der Waals surface area contributed by atoms with E-state index >= 15 is 0 Å². The van der Waals surface area contributed by atoms with Gasteiger partial charge in [-0.25, -0.2) is 4.98 Å². The van der Waals surface area contributed by atoms with Gasteiger partial charge in [0.25, 0.3) is 0 Å². The first kappa shape index (κ1) is 19.6. The van der Waals surface area contributed by atoms with E-state index in [1.54, 1.807) is 11.1 Å². The largest absolute Gasteiger partial charge is 0.354 e. The van der Waals surface area contributed by atoms with Crippen molar-refractivity contribution in [2.45, 2.75) is 52.0 Å². The fourth-order valence-corrected chi connectivity index (χ4v) is 4.40. The number of nitrogens with one attached hydrogen (secondary N) is 1. The van der Waals surface area contributed by atoms with Crippen LogP contribution in [0.1, 0.15) is 45.2 Å². The predicted molar refractivity (Wildman–Crippen MR) is 115 cm³/mol. The van der Waals surface area contributed by atoms with E-state index in [-0.39, 0.29) is 5.91 Å². The molecule has 1 amide bonds. The summed E-state index contributed by atoms with van der Waals surface area (Å²) in [4.78, 5) is 30.8. The Morgan fingerprint density at radius 2 is 2.00 bits per heavy atom. The number of hydrogen-bond donors (Lipinski definition) is 1. The van der Waals surface area contributed by atoms with E-state index in [0.717, 1.165) is 36.5 Å². The lowest BCUT2D eigenvalue weighted by molar-refractivity contribution is -0.125. The second kappa shape index (κ2) is 7.97. The molecule has 2 aromatic heterocycles. The van der Waals surface area contributed by atoms with Gasteiger partial charge in [0.05, 0.1) is 11.6 Å². The average Bonchev–Trinajstić information content (AvgIpc) is 3.24. The van der Waals surface area contributed by atoms with Crippen LogP contribution >= 0.6 is 0 Å². The van der Waals surface area contributed by atoms with Gasteiger partial charge in [-0.3, -0.25) is 9.78 Å². The number of anilines is 3. The third kappa shape index (κ3) is 4.04. The number of aromatic nitrogens is 3. The first-order valence-corrected chi connectivity index (χ1v) is 10.5. The number of fused-ring (bicyclic) bond motifs is 1. The summed E-state index contributed by atoms with van der Waals surface area (Å²) >= 11 is 0. The summed E-state index contributed by atoms with van der Waals surface area (Å²) in [6.07, 6.45) is 9.18. The van der Waals surface area contributed by atoms with Gasteiger partial charge in [-0.2, -0.15) is 4.98 Å². The number of carbonyl (C=O) groups excluding carboxylic acids is 1. The molecule has 29 heavy (non-hydrogen) atoms. The Hall–Kier alpha value is -2.70. The highest BCUT2D eigenvalue weighted by Gasteiger charge is 2.41. The smallest absolute Gasteiger partial charge is 0.234 e. The molecule has 1 aliphatic heterocycles. The second-order valence-electron chi connectivity index (χ2n) is 8.71. The molecule has 7 nitrogen and oxygen atoms in total. The molecule has 0 atom stereocenters. The Labute approximate surface area is 172 Å². The fraction of sp³-hybridized carbons (Fsp3) is 0.545. The van der Waals surface area contributed by atoms with E-state index in [9.17, 15) is 4.79 Å². The SMILES string of the molecule is CN1C(=O)C(C)(C)CN(C2CCCC2)c2nc(NCCc3ccccn3)ncc21. The highest BCUT2D eigenvalue weighted by Crippen LogP contribution is 2.40. The van der Waals surface area contributed by atoms with Crippen LogP contribution in [0.4, 0.5) is 17.5 Å². The quantitative estimate of drug-likeness (QED) is 0.839. The maximum absolute atomic E-state index is 13.0.